The molecule has 0 atom stereocenters. The van der Waals surface area contributed by atoms with E-state index in [1.165, 1.54) is 0 Å². The summed E-state index contributed by atoms with van der Waals surface area (Å²) in [4.78, 5) is 11.7. The maximum absolute atomic E-state index is 11.7. The molecule has 0 aliphatic heterocycles. The highest BCUT2D eigenvalue weighted by molar-refractivity contribution is 6.39. The van der Waals surface area contributed by atoms with Gasteiger partial charge >= 0.3 is 0 Å². The third-order valence-electron chi connectivity index (χ3n) is 2.37. The number of hydrogen-bond donors (Lipinski definition) is 2. The number of carbonyl (C=O) groups excluding carboxylic acids is 1. The largest absolute Gasteiger partial charge is 0.382 e. The summed E-state index contributed by atoms with van der Waals surface area (Å²) in [6.07, 6.45) is 0. The quantitative estimate of drug-likeness (QED) is 0.685. The molecule has 0 saturated heterocycles. The zero-order chi connectivity index (χ0) is 14.8. The average Bonchev–Trinajstić information content (AvgIpc) is 2.42. The molecule has 1 rings (SSSR count). The van der Waals surface area contributed by atoms with E-state index in [1.807, 2.05) is 0 Å². The molecule has 1 aromatic carbocycles. The fraction of sp³-hybridized carbons (Fsp3) is 0.462. The van der Waals surface area contributed by atoms with Crippen molar-refractivity contribution in [3.63, 3.8) is 0 Å². The van der Waals surface area contributed by atoms with Gasteiger partial charge in [-0.2, -0.15) is 0 Å². The first-order chi connectivity index (χ1) is 9.65. The fourth-order valence-corrected chi connectivity index (χ4v) is 1.88. The molecular weight excluding hydrogens is 303 g/mol. The van der Waals surface area contributed by atoms with Crippen molar-refractivity contribution in [2.75, 3.05) is 45.3 Å². The Balaban J connectivity index is 2.21. The van der Waals surface area contributed by atoms with E-state index in [2.05, 4.69) is 10.6 Å². The van der Waals surface area contributed by atoms with Gasteiger partial charge < -0.3 is 20.1 Å². The smallest absolute Gasteiger partial charge is 0.238 e. The minimum absolute atomic E-state index is 0.162. The van der Waals surface area contributed by atoms with Crippen LogP contribution >= 0.6 is 23.2 Å². The predicted octanol–water partition coefficient (Wildman–Crippen LogP) is 2.18. The van der Waals surface area contributed by atoms with Gasteiger partial charge in [-0.15, -0.1) is 0 Å². The molecule has 2 N–H and O–H groups in total. The SMILES string of the molecule is COCCOCCNCC(=O)Nc1c(Cl)cccc1Cl. The number of para-hydroxylation sites is 1. The first kappa shape index (κ1) is 17.2. The molecule has 0 aliphatic rings. The number of nitrogens with one attached hydrogen (secondary N) is 2. The van der Waals surface area contributed by atoms with Crippen LogP contribution in [-0.4, -0.2) is 45.9 Å². The van der Waals surface area contributed by atoms with Gasteiger partial charge in [-0.05, 0) is 12.1 Å². The van der Waals surface area contributed by atoms with Gasteiger partial charge in [0.05, 0.1) is 42.1 Å². The van der Waals surface area contributed by atoms with Gasteiger partial charge in [0.15, 0.2) is 0 Å². The molecule has 0 unspecified atom stereocenters. The fourth-order valence-electron chi connectivity index (χ4n) is 1.39. The Labute approximate surface area is 128 Å². The van der Waals surface area contributed by atoms with Crippen molar-refractivity contribution in [3.8, 4) is 0 Å². The van der Waals surface area contributed by atoms with E-state index in [4.69, 9.17) is 32.7 Å². The summed E-state index contributed by atoms with van der Waals surface area (Å²) in [5.41, 5.74) is 0.430. The van der Waals surface area contributed by atoms with Crippen molar-refractivity contribution in [3.05, 3.63) is 28.2 Å². The topological polar surface area (TPSA) is 59.6 Å². The molecule has 20 heavy (non-hydrogen) atoms. The Bertz CT molecular complexity index is 410. The van der Waals surface area contributed by atoms with Crippen LogP contribution in [0, 0.1) is 0 Å². The lowest BCUT2D eigenvalue weighted by molar-refractivity contribution is -0.115. The minimum atomic E-state index is -0.211. The first-order valence-electron chi connectivity index (χ1n) is 6.16. The van der Waals surface area contributed by atoms with Crippen LogP contribution in [0.4, 0.5) is 5.69 Å². The van der Waals surface area contributed by atoms with E-state index in [-0.39, 0.29) is 12.5 Å². The molecule has 0 bridgehead atoms. The molecule has 0 spiro atoms. The van der Waals surface area contributed by atoms with Crippen molar-refractivity contribution in [1.29, 1.82) is 0 Å². The number of methoxy groups -OCH3 is 1. The summed E-state index contributed by atoms with van der Waals surface area (Å²) in [6.45, 7) is 2.36. The highest BCUT2D eigenvalue weighted by Crippen LogP contribution is 2.29. The third kappa shape index (κ3) is 6.54. The van der Waals surface area contributed by atoms with Crippen LogP contribution in [0.5, 0.6) is 0 Å². The predicted molar refractivity (Wildman–Crippen MR) is 80.7 cm³/mol. The van der Waals surface area contributed by atoms with Crippen molar-refractivity contribution in [1.82, 2.24) is 5.32 Å². The number of carbonyl (C=O) groups is 1. The molecule has 1 amide bonds. The van der Waals surface area contributed by atoms with E-state index in [9.17, 15) is 4.79 Å². The van der Waals surface area contributed by atoms with Crippen LogP contribution in [0.2, 0.25) is 10.0 Å². The third-order valence-corrected chi connectivity index (χ3v) is 3.00. The summed E-state index contributed by atoms with van der Waals surface area (Å²) in [6, 6.07) is 5.05. The molecule has 7 heteroatoms. The highest BCUT2D eigenvalue weighted by Gasteiger charge is 2.08. The zero-order valence-electron chi connectivity index (χ0n) is 11.2. The molecule has 0 aromatic heterocycles. The molecule has 0 saturated carbocycles. The number of amides is 1. The molecule has 0 heterocycles. The van der Waals surface area contributed by atoms with Gasteiger partial charge in [0.2, 0.25) is 5.91 Å². The van der Waals surface area contributed by atoms with E-state index in [0.717, 1.165) is 0 Å². The molecule has 0 aliphatic carbocycles. The number of ether oxygens (including phenoxy) is 2. The van der Waals surface area contributed by atoms with Crippen molar-refractivity contribution in [2.24, 2.45) is 0 Å². The molecule has 0 radical (unpaired) electrons. The lowest BCUT2D eigenvalue weighted by atomic mass is 10.3. The van der Waals surface area contributed by atoms with Gasteiger partial charge in [0.1, 0.15) is 0 Å². The standard InChI is InChI=1S/C13H18Cl2N2O3/c1-19-7-8-20-6-5-16-9-12(18)17-13-10(14)3-2-4-11(13)15/h2-4,16H,5-9H2,1H3,(H,17,18). The monoisotopic (exact) mass is 320 g/mol. The molecule has 112 valence electrons. The minimum Gasteiger partial charge on any atom is -0.382 e. The second-order valence-electron chi connectivity index (χ2n) is 3.93. The first-order valence-corrected chi connectivity index (χ1v) is 6.92. The maximum atomic E-state index is 11.7. The summed E-state index contributed by atoms with van der Waals surface area (Å²) in [7, 11) is 1.62. The second-order valence-corrected chi connectivity index (χ2v) is 4.74. The Kier molecular flexibility index (Phi) is 8.57. The molecular formula is C13H18Cl2N2O3. The van der Waals surface area contributed by atoms with Gasteiger partial charge in [0, 0.05) is 13.7 Å². The van der Waals surface area contributed by atoms with E-state index in [0.29, 0.717) is 42.1 Å². The maximum Gasteiger partial charge on any atom is 0.238 e. The van der Waals surface area contributed by atoms with Gasteiger partial charge in [-0.3, -0.25) is 4.79 Å². The molecule has 5 nitrogen and oxygen atoms in total. The number of hydrogen-bond acceptors (Lipinski definition) is 4. The second kappa shape index (κ2) is 9.96. The van der Waals surface area contributed by atoms with E-state index >= 15 is 0 Å². The van der Waals surface area contributed by atoms with Crippen LogP contribution in [-0.2, 0) is 14.3 Å². The Morgan fingerprint density at radius 2 is 1.90 bits per heavy atom. The normalized spacial score (nSPS) is 10.6. The van der Waals surface area contributed by atoms with Crippen molar-refractivity contribution >= 4 is 34.8 Å². The van der Waals surface area contributed by atoms with Crippen molar-refractivity contribution < 1.29 is 14.3 Å². The van der Waals surface area contributed by atoms with E-state index < -0.39 is 0 Å². The van der Waals surface area contributed by atoms with Crippen LogP contribution in [0.15, 0.2) is 18.2 Å². The number of anilines is 1. The Morgan fingerprint density at radius 1 is 1.20 bits per heavy atom. The van der Waals surface area contributed by atoms with Crippen molar-refractivity contribution in [2.45, 2.75) is 0 Å². The van der Waals surface area contributed by atoms with E-state index in [1.54, 1.807) is 25.3 Å². The van der Waals surface area contributed by atoms with Crippen LogP contribution < -0.4 is 10.6 Å². The van der Waals surface area contributed by atoms with Crippen LogP contribution in [0.1, 0.15) is 0 Å². The molecule has 0 fully saturated rings. The highest BCUT2D eigenvalue weighted by atomic mass is 35.5. The number of halogens is 2. The summed E-state index contributed by atoms with van der Waals surface area (Å²) in [5, 5.41) is 6.44. The van der Waals surface area contributed by atoms with Gasteiger partial charge in [-0.25, -0.2) is 0 Å². The molecule has 1 aromatic rings. The van der Waals surface area contributed by atoms with Crippen LogP contribution in [0.25, 0.3) is 0 Å². The Morgan fingerprint density at radius 3 is 2.55 bits per heavy atom. The Hall–Kier alpha value is -0.850. The van der Waals surface area contributed by atoms with Gasteiger partial charge in [-0.1, -0.05) is 29.3 Å². The number of benzene rings is 1. The summed E-state index contributed by atoms with van der Waals surface area (Å²) < 4.78 is 10.1. The summed E-state index contributed by atoms with van der Waals surface area (Å²) >= 11 is 11.9. The lowest BCUT2D eigenvalue weighted by Crippen LogP contribution is -2.30. The lowest BCUT2D eigenvalue weighted by Gasteiger charge is -2.10. The van der Waals surface area contributed by atoms with Crippen LogP contribution in [0.3, 0.4) is 0 Å². The zero-order valence-corrected chi connectivity index (χ0v) is 12.8. The average molecular weight is 321 g/mol. The number of rotatable bonds is 9. The summed E-state index contributed by atoms with van der Waals surface area (Å²) in [5.74, 6) is -0.211. The van der Waals surface area contributed by atoms with Gasteiger partial charge in [0.25, 0.3) is 0 Å².